The van der Waals surface area contributed by atoms with Crippen LogP contribution in [0.1, 0.15) is 51.5 Å². The highest BCUT2D eigenvalue weighted by Crippen LogP contribution is 2.13. The molecular formula is C26H43N5O6S. The maximum Gasteiger partial charge on any atom is 0.326 e. The molecule has 0 aliphatic rings. The lowest BCUT2D eigenvalue weighted by Crippen LogP contribution is -2.57. The number of carbonyl (C=O) groups excluding carboxylic acids is 3. The molecule has 0 aromatic heterocycles. The first-order valence-electron chi connectivity index (χ1n) is 12.8. The van der Waals surface area contributed by atoms with Crippen molar-refractivity contribution in [3.63, 3.8) is 0 Å². The van der Waals surface area contributed by atoms with E-state index >= 15 is 0 Å². The van der Waals surface area contributed by atoms with Crippen molar-refractivity contribution in [3.05, 3.63) is 29.8 Å². The van der Waals surface area contributed by atoms with Crippen LogP contribution in [0.15, 0.2) is 24.3 Å². The summed E-state index contributed by atoms with van der Waals surface area (Å²) in [6.07, 6.45) is 4.36. The molecular weight excluding hydrogens is 510 g/mol. The van der Waals surface area contributed by atoms with Crippen molar-refractivity contribution in [2.24, 2.45) is 17.4 Å². The van der Waals surface area contributed by atoms with Crippen LogP contribution in [0.2, 0.25) is 0 Å². The topological polar surface area (TPSA) is 197 Å². The summed E-state index contributed by atoms with van der Waals surface area (Å²) in [5.74, 6) is -2.19. The number of aromatic hydroxyl groups is 1. The van der Waals surface area contributed by atoms with Crippen LogP contribution in [-0.4, -0.2) is 76.6 Å². The quantitative estimate of drug-likeness (QED) is 0.128. The van der Waals surface area contributed by atoms with Gasteiger partial charge in [-0.25, -0.2) is 4.79 Å². The second-order valence-electron chi connectivity index (χ2n) is 9.69. The van der Waals surface area contributed by atoms with E-state index in [4.69, 9.17) is 11.5 Å². The minimum Gasteiger partial charge on any atom is -0.508 e. The number of carboxylic acids is 1. The van der Waals surface area contributed by atoms with Gasteiger partial charge in [-0.2, -0.15) is 11.8 Å². The molecule has 0 aliphatic heterocycles. The van der Waals surface area contributed by atoms with Crippen molar-refractivity contribution in [3.8, 4) is 5.75 Å². The van der Waals surface area contributed by atoms with E-state index in [9.17, 15) is 29.4 Å². The molecule has 0 spiro atoms. The van der Waals surface area contributed by atoms with E-state index in [1.165, 1.54) is 23.9 Å². The van der Waals surface area contributed by atoms with Crippen LogP contribution in [0.25, 0.3) is 0 Å². The molecule has 1 rings (SSSR count). The second kappa shape index (κ2) is 17.6. The summed E-state index contributed by atoms with van der Waals surface area (Å²) in [5.41, 5.74) is 12.1. The Morgan fingerprint density at radius 3 is 2.03 bits per heavy atom. The Bertz CT molecular complexity index is 899. The SMILES string of the molecule is CSCCC(NC(=O)C(N)CCCCN)C(=O)NC(CC(C)C)C(=O)NC(Cc1ccc(O)cc1)C(=O)O. The molecule has 4 unspecified atom stereocenters. The largest absolute Gasteiger partial charge is 0.508 e. The van der Waals surface area contributed by atoms with E-state index in [-0.39, 0.29) is 24.5 Å². The fourth-order valence-electron chi connectivity index (χ4n) is 3.74. The average molecular weight is 554 g/mol. The molecule has 4 atom stereocenters. The van der Waals surface area contributed by atoms with Gasteiger partial charge in [0.1, 0.15) is 23.9 Å². The Morgan fingerprint density at radius 1 is 0.895 bits per heavy atom. The Balaban J connectivity index is 2.95. The smallest absolute Gasteiger partial charge is 0.326 e. The summed E-state index contributed by atoms with van der Waals surface area (Å²) >= 11 is 1.51. The van der Waals surface area contributed by atoms with Gasteiger partial charge >= 0.3 is 5.97 Å². The zero-order valence-corrected chi connectivity index (χ0v) is 23.3. The molecule has 0 aliphatic carbocycles. The number of unbranched alkanes of at least 4 members (excludes halogenated alkanes) is 1. The van der Waals surface area contributed by atoms with Gasteiger partial charge < -0.3 is 37.6 Å². The normalized spacial score (nSPS) is 14.3. The molecule has 11 nitrogen and oxygen atoms in total. The van der Waals surface area contributed by atoms with Gasteiger partial charge in [-0.05, 0) is 67.9 Å². The van der Waals surface area contributed by atoms with Gasteiger partial charge in [-0.1, -0.05) is 32.4 Å². The van der Waals surface area contributed by atoms with E-state index in [0.29, 0.717) is 37.1 Å². The van der Waals surface area contributed by atoms with E-state index < -0.39 is 47.9 Å². The Labute approximate surface area is 228 Å². The Kier molecular flexibility index (Phi) is 15.4. The third kappa shape index (κ3) is 12.6. The maximum atomic E-state index is 13.2. The van der Waals surface area contributed by atoms with E-state index in [2.05, 4.69) is 16.0 Å². The number of hydrogen-bond donors (Lipinski definition) is 7. The van der Waals surface area contributed by atoms with E-state index in [0.717, 1.165) is 6.42 Å². The van der Waals surface area contributed by atoms with Crippen LogP contribution in [0.3, 0.4) is 0 Å². The highest BCUT2D eigenvalue weighted by Gasteiger charge is 2.30. The number of thioether (sulfide) groups is 1. The lowest BCUT2D eigenvalue weighted by Gasteiger charge is -2.26. The molecule has 12 heteroatoms. The lowest BCUT2D eigenvalue weighted by atomic mass is 10.0. The Morgan fingerprint density at radius 2 is 1.47 bits per heavy atom. The third-order valence-electron chi connectivity index (χ3n) is 5.88. The molecule has 9 N–H and O–H groups in total. The van der Waals surface area contributed by atoms with Gasteiger partial charge in [-0.3, -0.25) is 14.4 Å². The molecule has 1 aromatic rings. The first kappa shape index (κ1) is 33.2. The van der Waals surface area contributed by atoms with Crippen LogP contribution < -0.4 is 27.4 Å². The van der Waals surface area contributed by atoms with Gasteiger partial charge in [0.15, 0.2) is 0 Å². The molecule has 3 amide bonds. The third-order valence-corrected chi connectivity index (χ3v) is 6.52. The number of aliphatic carboxylic acids is 1. The van der Waals surface area contributed by atoms with Crippen molar-refractivity contribution in [1.82, 2.24) is 16.0 Å². The van der Waals surface area contributed by atoms with Gasteiger partial charge in [0, 0.05) is 6.42 Å². The van der Waals surface area contributed by atoms with Gasteiger partial charge in [0.2, 0.25) is 17.7 Å². The van der Waals surface area contributed by atoms with E-state index in [1.54, 1.807) is 12.1 Å². The fourth-order valence-corrected chi connectivity index (χ4v) is 4.21. The zero-order valence-electron chi connectivity index (χ0n) is 22.4. The number of carboxylic acid groups (broad SMARTS) is 1. The first-order chi connectivity index (χ1) is 18.0. The number of nitrogens with one attached hydrogen (secondary N) is 3. The molecule has 0 saturated carbocycles. The highest BCUT2D eigenvalue weighted by atomic mass is 32.2. The summed E-state index contributed by atoms with van der Waals surface area (Å²) in [4.78, 5) is 50.8. The summed E-state index contributed by atoms with van der Waals surface area (Å²) in [6.45, 7) is 4.26. The highest BCUT2D eigenvalue weighted by molar-refractivity contribution is 7.98. The van der Waals surface area contributed by atoms with Gasteiger partial charge in [-0.15, -0.1) is 0 Å². The molecule has 214 valence electrons. The van der Waals surface area contributed by atoms with Crippen LogP contribution >= 0.6 is 11.8 Å². The number of hydrogen-bond acceptors (Lipinski definition) is 8. The number of carbonyl (C=O) groups is 4. The zero-order chi connectivity index (χ0) is 28.7. The minimum absolute atomic E-state index is 0.00184. The number of phenols is 1. The molecule has 0 heterocycles. The monoisotopic (exact) mass is 553 g/mol. The Hall–Kier alpha value is -2.83. The summed E-state index contributed by atoms with van der Waals surface area (Å²) in [7, 11) is 0. The fraction of sp³-hybridized carbons (Fsp3) is 0.615. The van der Waals surface area contributed by atoms with Crippen LogP contribution in [-0.2, 0) is 25.6 Å². The first-order valence-corrected chi connectivity index (χ1v) is 14.2. The summed E-state index contributed by atoms with van der Waals surface area (Å²) < 4.78 is 0. The standard InChI is InChI=1S/C26H43N5O6S/c1-16(2)14-21(25(35)31-22(26(36)37)15-17-7-9-18(32)10-8-17)30-24(34)20(11-13-38-3)29-23(33)19(28)6-4-5-12-27/h7-10,16,19-22,32H,4-6,11-15,27-28H2,1-3H3,(H,29,33)(H,30,34)(H,31,35)(H,36,37). The van der Waals surface area contributed by atoms with Crippen LogP contribution in [0, 0.1) is 5.92 Å². The average Bonchev–Trinajstić information content (AvgIpc) is 2.86. The number of amides is 3. The summed E-state index contributed by atoms with van der Waals surface area (Å²) in [5, 5.41) is 27.1. The predicted octanol–water partition coefficient (Wildman–Crippen LogP) is 0.729. The molecule has 1 aromatic carbocycles. The predicted molar refractivity (Wildman–Crippen MR) is 149 cm³/mol. The number of nitrogens with two attached hydrogens (primary N) is 2. The van der Waals surface area contributed by atoms with Crippen molar-refractivity contribution in [1.29, 1.82) is 0 Å². The lowest BCUT2D eigenvalue weighted by molar-refractivity contribution is -0.142. The van der Waals surface area contributed by atoms with Crippen molar-refractivity contribution >= 4 is 35.5 Å². The molecule has 38 heavy (non-hydrogen) atoms. The maximum absolute atomic E-state index is 13.2. The molecule has 0 fully saturated rings. The van der Waals surface area contributed by atoms with Gasteiger partial charge in [0.05, 0.1) is 6.04 Å². The van der Waals surface area contributed by atoms with Crippen molar-refractivity contribution in [2.45, 2.75) is 76.5 Å². The number of benzene rings is 1. The molecule has 0 radical (unpaired) electrons. The minimum atomic E-state index is -1.24. The number of phenolic OH excluding ortho intramolecular Hbond substituents is 1. The second-order valence-corrected chi connectivity index (χ2v) is 10.7. The van der Waals surface area contributed by atoms with Crippen molar-refractivity contribution in [2.75, 3.05) is 18.6 Å². The van der Waals surface area contributed by atoms with Crippen LogP contribution in [0.5, 0.6) is 5.75 Å². The summed E-state index contributed by atoms with van der Waals surface area (Å²) in [6, 6.07) is 2.10. The van der Waals surface area contributed by atoms with Crippen molar-refractivity contribution < 1.29 is 29.4 Å². The van der Waals surface area contributed by atoms with Crippen LogP contribution in [0.4, 0.5) is 0 Å². The van der Waals surface area contributed by atoms with Gasteiger partial charge in [0.25, 0.3) is 0 Å². The number of rotatable bonds is 18. The molecule has 0 bridgehead atoms. The van der Waals surface area contributed by atoms with E-state index in [1.807, 2.05) is 20.1 Å². The molecule has 0 saturated heterocycles.